The van der Waals surface area contributed by atoms with E-state index in [1.165, 1.54) is 4.31 Å². The summed E-state index contributed by atoms with van der Waals surface area (Å²) in [5, 5.41) is 0. The van der Waals surface area contributed by atoms with Gasteiger partial charge in [0.25, 0.3) is 5.91 Å². The van der Waals surface area contributed by atoms with Crippen molar-refractivity contribution in [1.82, 2.24) is 9.21 Å². The van der Waals surface area contributed by atoms with Crippen molar-refractivity contribution in [2.75, 3.05) is 19.7 Å². The summed E-state index contributed by atoms with van der Waals surface area (Å²) in [5.74, 6) is 0.319. The number of carbonyl (C=O) groups excluding carboxylic acids is 1. The SMILES string of the molecule is O=C(COc1ccc(S(=O)(=O)N2CCCC2)cc1)N(Cc1ccccc1)Cc1ccccc1. The maximum atomic E-state index is 13.0. The number of ether oxygens (including phenoxy) is 1. The van der Waals surface area contributed by atoms with Crippen LogP contribution < -0.4 is 4.74 Å². The van der Waals surface area contributed by atoms with Crippen molar-refractivity contribution in [3.63, 3.8) is 0 Å². The lowest BCUT2D eigenvalue weighted by atomic mass is 10.1. The largest absolute Gasteiger partial charge is 0.484 e. The molecule has 1 aliphatic heterocycles. The molecule has 0 unspecified atom stereocenters. The van der Waals surface area contributed by atoms with Crippen LogP contribution in [0.15, 0.2) is 89.8 Å². The maximum Gasteiger partial charge on any atom is 0.261 e. The van der Waals surface area contributed by atoms with Crippen molar-refractivity contribution in [3.05, 3.63) is 96.1 Å². The Hall–Kier alpha value is -3.16. The van der Waals surface area contributed by atoms with Crippen LogP contribution in [0.3, 0.4) is 0 Å². The summed E-state index contributed by atoms with van der Waals surface area (Å²) >= 11 is 0. The number of sulfonamides is 1. The summed E-state index contributed by atoms with van der Waals surface area (Å²) < 4.78 is 32.6. The van der Waals surface area contributed by atoms with Gasteiger partial charge in [0, 0.05) is 26.2 Å². The molecule has 0 saturated carbocycles. The smallest absolute Gasteiger partial charge is 0.261 e. The Balaban J connectivity index is 1.41. The standard InChI is InChI=1S/C26H28N2O4S/c29-26(27(19-22-9-3-1-4-10-22)20-23-11-5-2-6-12-23)21-32-24-13-15-25(16-14-24)33(30,31)28-17-7-8-18-28/h1-6,9-16H,7-8,17-21H2. The first-order valence-electron chi connectivity index (χ1n) is 11.1. The minimum atomic E-state index is -3.47. The molecule has 0 spiro atoms. The zero-order valence-corrected chi connectivity index (χ0v) is 19.3. The normalized spacial score (nSPS) is 14.2. The van der Waals surface area contributed by atoms with Crippen LogP contribution in [0.5, 0.6) is 5.75 Å². The highest BCUT2D eigenvalue weighted by Crippen LogP contribution is 2.23. The lowest BCUT2D eigenvalue weighted by Crippen LogP contribution is -2.34. The fourth-order valence-electron chi connectivity index (χ4n) is 3.86. The average molecular weight is 465 g/mol. The monoisotopic (exact) mass is 464 g/mol. The van der Waals surface area contributed by atoms with Gasteiger partial charge in [-0.3, -0.25) is 4.79 Å². The predicted molar refractivity (Wildman–Crippen MR) is 127 cm³/mol. The van der Waals surface area contributed by atoms with Crippen LogP contribution in [0, 0.1) is 0 Å². The maximum absolute atomic E-state index is 13.0. The molecular formula is C26H28N2O4S. The Kier molecular flexibility index (Phi) is 7.42. The summed E-state index contributed by atoms with van der Waals surface area (Å²) in [6.07, 6.45) is 1.79. The molecule has 1 saturated heterocycles. The van der Waals surface area contributed by atoms with E-state index >= 15 is 0 Å². The summed E-state index contributed by atoms with van der Waals surface area (Å²) in [6.45, 7) is 1.95. The quantitative estimate of drug-likeness (QED) is 0.479. The molecular weight excluding hydrogens is 436 g/mol. The highest BCUT2D eigenvalue weighted by Gasteiger charge is 2.27. The highest BCUT2D eigenvalue weighted by molar-refractivity contribution is 7.89. The van der Waals surface area contributed by atoms with Gasteiger partial charge in [-0.2, -0.15) is 4.31 Å². The molecule has 7 heteroatoms. The summed E-state index contributed by atoms with van der Waals surface area (Å²) in [7, 11) is -3.47. The van der Waals surface area contributed by atoms with E-state index in [2.05, 4.69) is 0 Å². The first-order valence-corrected chi connectivity index (χ1v) is 12.5. The van der Waals surface area contributed by atoms with Crippen LogP contribution in [-0.4, -0.2) is 43.2 Å². The van der Waals surface area contributed by atoms with Crippen LogP contribution in [0.25, 0.3) is 0 Å². The lowest BCUT2D eigenvalue weighted by Gasteiger charge is -2.23. The zero-order valence-electron chi connectivity index (χ0n) is 18.5. The second kappa shape index (κ2) is 10.6. The minimum absolute atomic E-state index is 0.127. The predicted octanol–water partition coefficient (Wildman–Crippen LogP) is 4.08. The van der Waals surface area contributed by atoms with Crippen LogP contribution in [0.2, 0.25) is 0 Å². The molecule has 3 aromatic carbocycles. The van der Waals surface area contributed by atoms with E-state index in [4.69, 9.17) is 4.74 Å². The summed E-state index contributed by atoms with van der Waals surface area (Å²) in [5.41, 5.74) is 2.08. The molecule has 1 fully saturated rings. The molecule has 4 rings (SSSR count). The molecule has 6 nitrogen and oxygen atoms in total. The minimum Gasteiger partial charge on any atom is -0.484 e. The number of benzene rings is 3. The van der Waals surface area contributed by atoms with Crippen molar-refractivity contribution in [1.29, 1.82) is 0 Å². The topological polar surface area (TPSA) is 66.9 Å². The Morgan fingerprint density at radius 1 is 0.788 bits per heavy atom. The van der Waals surface area contributed by atoms with Gasteiger partial charge in [-0.1, -0.05) is 60.7 Å². The number of nitrogens with zero attached hydrogens (tertiary/aromatic N) is 2. The van der Waals surface area contributed by atoms with E-state index in [0.717, 1.165) is 24.0 Å². The molecule has 33 heavy (non-hydrogen) atoms. The van der Waals surface area contributed by atoms with E-state index in [9.17, 15) is 13.2 Å². The summed E-state index contributed by atoms with van der Waals surface area (Å²) in [4.78, 5) is 15.0. The Bertz CT molecular complexity index is 1100. The molecule has 0 N–H and O–H groups in total. The van der Waals surface area contributed by atoms with Gasteiger partial charge >= 0.3 is 0 Å². The van der Waals surface area contributed by atoms with E-state index in [1.807, 2.05) is 60.7 Å². The molecule has 0 bridgehead atoms. The van der Waals surface area contributed by atoms with Gasteiger partial charge in [-0.15, -0.1) is 0 Å². The van der Waals surface area contributed by atoms with Gasteiger partial charge in [0.05, 0.1) is 4.90 Å². The first kappa shape index (κ1) is 23.0. The number of carbonyl (C=O) groups is 1. The average Bonchev–Trinajstić information content (AvgIpc) is 3.40. The van der Waals surface area contributed by atoms with E-state index < -0.39 is 10.0 Å². The third-order valence-electron chi connectivity index (χ3n) is 5.67. The van der Waals surface area contributed by atoms with Crippen molar-refractivity contribution in [2.24, 2.45) is 0 Å². The first-order chi connectivity index (χ1) is 16.0. The number of hydrogen-bond acceptors (Lipinski definition) is 4. The molecule has 3 aromatic rings. The third kappa shape index (κ3) is 6.00. The van der Waals surface area contributed by atoms with Crippen molar-refractivity contribution in [3.8, 4) is 5.75 Å². The van der Waals surface area contributed by atoms with Crippen molar-refractivity contribution < 1.29 is 17.9 Å². The van der Waals surface area contributed by atoms with Crippen LogP contribution in [-0.2, 0) is 27.9 Å². The van der Waals surface area contributed by atoms with E-state index in [1.54, 1.807) is 29.2 Å². The fourth-order valence-corrected chi connectivity index (χ4v) is 5.38. The molecule has 1 aliphatic rings. The van der Waals surface area contributed by atoms with Gasteiger partial charge in [-0.25, -0.2) is 8.42 Å². The number of hydrogen-bond donors (Lipinski definition) is 0. The molecule has 0 radical (unpaired) electrons. The van der Waals surface area contributed by atoms with E-state index in [0.29, 0.717) is 31.9 Å². The molecule has 172 valence electrons. The van der Waals surface area contributed by atoms with Gasteiger partial charge in [0.1, 0.15) is 5.75 Å². The van der Waals surface area contributed by atoms with Crippen LogP contribution in [0.1, 0.15) is 24.0 Å². The second-order valence-corrected chi connectivity index (χ2v) is 10.0. The molecule has 0 atom stereocenters. The van der Waals surface area contributed by atoms with Crippen LogP contribution >= 0.6 is 0 Å². The molecule has 1 heterocycles. The van der Waals surface area contributed by atoms with Gasteiger partial charge in [0.2, 0.25) is 10.0 Å². The molecule has 0 aliphatic carbocycles. The molecule has 1 amide bonds. The van der Waals surface area contributed by atoms with Gasteiger partial charge in [-0.05, 0) is 48.2 Å². The molecule has 0 aromatic heterocycles. The van der Waals surface area contributed by atoms with Crippen LogP contribution in [0.4, 0.5) is 0 Å². The second-order valence-electron chi connectivity index (χ2n) is 8.09. The van der Waals surface area contributed by atoms with E-state index in [-0.39, 0.29) is 17.4 Å². The Morgan fingerprint density at radius 3 is 1.82 bits per heavy atom. The summed E-state index contributed by atoms with van der Waals surface area (Å²) in [6, 6.07) is 26.0. The lowest BCUT2D eigenvalue weighted by molar-refractivity contribution is -0.134. The Labute approximate surface area is 195 Å². The third-order valence-corrected chi connectivity index (χ3v) is 7.59. The van der Waals surface area contributed by atoms with Crippen molar-refractivity contribution in [2.45, 2.75) is 30.8 Å². The zero-order chi connectivity index (χ0) is 23.1. The van der Waals surface area contributed by atoms with Crippen molar-refractivity contribution >= 4 is 15.9 Å². The highest BCUT2D eigenvalue weighted by atomic mass is 32.2. The van der Waals surface area contributed by atoms with Gasteiger partial charge < -0.3 is 9.64 Å². The Morgan fingerprint density at radius 2 is 1.30 bits per heavy atom. The van der Waals surface area contributed by atoms with Gasteiger partial charge in [0.15, 0.2) is 6.61 Å². The number of amides is 1. The number of rotatable bonds is 9. The fraction of sp³-hybridized carbons (Fsp3) is 0.269.